The summed E-state index contributed by atoms with van der Waals surface area (Å²) in [6.45, 7) is 1.32. The summed E-state index contributed by atoms with van der Waals surface area (Å²) >= 11 is 13.0. The Morgan fingerprint density at radius 1 is 1.40 bits per heavy atom. The number of thiophene rings is 1. The van der Waals surface area contributed by atoms with Gasteiger partial charge in [-0.3, -0.25) is 4.79 Å². The fourth-order valence-corrected chi connectivity index (χ4v) is 3.16. The summed E-state index contributed by atoms with van der Waals surface area (Å²) in [5, 5.41) is 0. The third kappa shape index (κ3) is 2.53. The van der Waals surface area contributed by atoms with Crippen molar-refractivity contribution in [1.29, 1.82) is 0 Å². The van der Waals surface area contributed by atoms with Crippen LogP contribution in [-0.4, -0.2) is 19.0 Å². The molecule has 0 N–H and O–H groups in total. The maximum absolute atomic E-state index is 12.0. The summed E-state index contributed by atoms with van der Waals surface area (Å²) in [4.78, 5) is 12.0. The van der Waals surface area contributed by atoms with Crippen LogP contribution in [0.25, 0.3) is 0 Å². The highest BCUT2D eigenvalue weighted by atomic mass is 35.5. The maximum Gasteiger partial charge on any atom is 0.168 e. The van der Waals surface area contributed by atoms with E-state index in [9.17, 15) is 4.79 Å². The Morgan fingerprint density at radius 3 is 2.60 bits per heavy atom. The molecule has 0 unspecified atom stereocenters. The highest BCUT2D eigenvalue weighted by Gasteiger charge is 2.25. The Hall–Kier alpha value is -0.0900. The molecular formula is C10H10Cl2O2S. The Balaban J connectivity index is 2.16. The van der Waals surface area contributed by atoms with Gasteiger partial charge in [0.25, 0.3) is 0 Å². The zero-order valence-electron chi connectivity index (χ0n) is 7.96. The molecule has 2 heterocycles. The fraction of sp³-hybridized carbons (Fsp3) is 0.500. The first-order chi connectivity index (χ1) is 7.18. The summed E-state index contributed by atoms with van der Waals surface area (Å²) in [7, 11) is 0. The summed E-state index contributed by atoms with van der Waals surface area (Å²) in [5.41, 5.74) is 0.568. The molecule has 15 heavy (non-hydrogen) atoms. The highest BCUT2D eigenvalue weighted by Crippen LogP contribution is 2.34. The molecule has 0 saturated carbocycles. The standard InChI is InChI=1S/C10H10Cl2O2S/c11-8-5-7(10(12)15-8)9(13)6-1-3-14-4-2-6/h5-6H,1-4H2. The van der Waals surface area contributed by atoms with E-state index in [-0.39, 0.29) is 11.7 Å². The number of halogens is 2. The van der Waals surface area contributed by atoms with Crippen molar-refractivity contribution in [3.63, 3.8) is 0 Å². The molecule has 0 aliphatic carbocycles. The largest absolute Gasteiger partial charge is 0.381 e. The average Bonchev–Trinajstić information content (AvgIpc) is 2.58. The third-order valence-corrected chi connectivity index (χ3v) is 4.00. The van der Waals surface area contributed by atoms with Gasteiger partial charge in [0.15, 0.2) is 5.78 Å². The van der Waals surface area contributed by atoms with Gasteiger partial charge in [0.2, 0.25) is 0 Å². The molecule has 0 radical (unpaired) electrons. The normalized spacial score (nSPS) is 18.0. The van der Waals surface area contributed by atoms with Crippen LogP contribution in [0.3, 0.4) is 0 Å². The van der Waals surface area contributed by atoms with E-state index in [4.69, 9.17) is 27.9 Å². The number of ether oxygens (including phenoxy) is 1. The monoisotopic (exact) mass is 264 g/mol. The molecule has 1 fully saturated rings. The second-order valence-corrected chi connectivity index (χ2v) is 5.77. The second-order valence-electron chi connectivity index (χ2n) is 3.49. The van der Waals surface area contributed by atoms with E-state index in [0.29, 0.717) is 27.4 Å². The predicted octanol–water partition coefficient (Wildman–Crippen LogP) is 3.66. The van der Waals surface area contributed by atoms with E-state index in [1.807, 2.05) is 0 Å². The lowest BCUT2D eigenvalue weighted by atomic mass is 9.92. The van der Waals surface area contributed by atoms with E-state index in [1.54, 1.807) is 6.07 Å². The first kappa shape index (κ1) is 11.4. The van der Waals surface area contributed by atoms with Crippen LogP contribution in [0.4, 0.5) is 0 Å². The van der Waals surface area contributed by atoms with Crippen LogP contribution in [0.15, 0.2) is 6.07 Å². The minimum Gasteiger partial charge on any atom is -0.381 e. The Labute approximate surface area is 102 Å². The van der Waals surface area contributed by atoms with Gasteiger partial charge in [-0.15, -0.1) is 11.3 Å². The van der Waals surface area contributed by atoms with Gasteiger partial charge < -0.3 is 4.74 Å². The van der Waals surface area contributed by atoms with E-state index in [2.05, 4.69) is 0 Å². The van der Waals surface area contributed by atoms with Crippen molar-refractivity contribution in [2.45, 2.75) is 12.8 Å². The maximum atomic E-state index is 12.0. The summed E-state index contributed by atoms with van der Waals surface area (Å²) in [6, 6.07) is 1.66. The number of hydrogen-bond acceptors (Lipinski definition) is 3. The molecule has 5 heteroatoms. The van der Waals surface area contributed by atoms with E-state index < -0.39 is 0 Å². The molecule has 2 nitrogen and oxygen atoms in total. The molecule has 0 atom stereocenters. The minimum absolute atomic E-state index is 0.0434. The van der Waals surface area contributed by atoms with Crippen LogP contribution < -0.4 is 0 Å². The van der Waals surface area contributed by atoms with Crippen molar-refractivity contribution in [2.24, 2.45) is 5.92 Å². The van der Waals surface area contributed by atoms with E-state index >= 15 is 0 Å². The van der Waals surface area contributed by atoms with Gasteiger partial charge in [0.1, 0.15) is 4.34 Å². The number of carbonyl (C=O) groups excluding carboxylic acids is 1. The molecule has 0 bridgehead atoms. The Morgan fingerprint density at radius 2 is 2.07 bits per heavy atom. The van der Waals surface area contributed by atoms with Crippen molar-refractivity contribution in [3.05, 3.63) is 20.3 Å². The van der Waals surface area contributed by atoms with Gasteiger partial charge in [-0.1, -0.05) is 23.2 Å². The minimum atomic E-state index is 0.0434. The molecule has 1 aliphatic heterocycles. The Bertz CT molecular complexity index is 369. The second kappa shape index (κ2) is 4.83. The van der Waals surface area contributed by atoms with E-state index in [1.165, 1.54) is 11.3 Å². The number of carbonyl (C=O) groups is 1. The highest BCUT2D eigenvalue weighted by molar-refractivity contribution is 7.20. The van der Waals surface area contributed by atoms with E-state index in [0.717, 1.165) is 12.8 Å². The summed E-state index contributed by atoms with van der Waals surface area (Å²) in [6.07, 6.45) is 1.56. The van der Waals surface area contributed by atoms with Crippen LogP contribution in [0.2, 0.25) is 8.67 Å². The van der Waals surface area contributed by atoms with Crippen molar-refractivity contribution in [1.82, 2.24) is 0 Å². The van der Waals surface area contributed by atoms with Gasteiger partial charge in [0.05, 0.1) is 4.34 Å². The first-order valence-corrected chi connectivity index (χ1v) is 6.32. The van der Waals surface area contributed by atoms with Crippen LogP contribution in [-0.2, 0) is 4.74 Å². The third-order valence-electron chi connectivity index (χ3n) is 2.51. The van der Waals surface area contributed by atoms with Crippen molar-refractivity contribution < 1.29 is 9.53 Å². The molecule has 1 saturated heterocycles. The predicted molar refractivity (Wildman–Crippen MR) is 62.2 cm³/mol. The molecule has 1 aromatic heterocycles. The van der Waals surface area contributed by atoms with Gasteiger partial charge in [-0.05, 0) is 18.9 Å². The van der Waals surface area contributed by atoms with Gasteiger partial charge >= 0.3 is 0 Å². The van der Waals surface area contributed by atoms with Crippen molar-refractivity contribution >= 4 is 40.3 Å². The fourth-order valence-electron chi connectivity index (χ4n) is 1.69. The number of Topliss-reactive ketones (excluding diaryl/α,β-unsaturated/α-hetero) is 1. The van der Waals surface area contributed by atoms with Crippen molar-refractivity contribution in [2.75, 3.05) is 13.2 Å². The zero-order valence-corrected chi connectivity index (χ0v) is 10.3. The van der Waals surface area contributed by atoms with Gasteiger partial charge in [-0.2, -0.15) is 0 Å². The molecule has 0 aromatic carbocycles. The van der Waals surface area contributed by atoms with Gasteiger partial charge in [-0.25, -0.2) is 0 Å². The number of hydrogen-bond donors (Lipinski definition) is 0. The SMILES string of the molecule is O=C(c1cc(Cl)sc1Cl)C1CCOCC1. The lowest BCUT2D eigenvalue weighted by Gasteiger charge is -2.20. The average molecular weight is 265 g/mol. The summed E-state index contributed by atoms with van der Waals surface area (Å²) < 4.78 is 6.27. The lowest BCUT2D eigenvalue weighted by Crippen LogP contribution is -2.23. The lowest BCUT2D eigenvalue weighted by molar-refractivity contribution is 0.0545. The van der Waals surface area contributed by atoms with Crippen molar-refractivity contribution in [3.8, 4) is 0 Å². The van der Waals surface area contributed by atoms with Gasteiger partial charge in [0, 0.05) is 24.7 Å². The molecule has 1 aliphatic rings. The Kier molecular flexibility index (Phi) is 3.67. The molecule has 0 spiro atoms. The summed E-state index contributed by atoms with van der Waals surface area (Å²) in [5.74, 6) is 0.147. The number of rotatable bonds is 2. The van der Waals surface area contributed by atoms with Crippen LogP contribution in [0, 0.1) is 5.92 Å². The van der Waals surface area contributed by atoms with Crippen LogP contribution >= 0.6 is 34.5 Å². The zero-order chi connectivity index (χ0) is 10.8. The molecular weight excluding hydrogens is 255 g/mol. The molecule has 82 valence electrons. The molecule has 1 aromatic rings. The van der Waals surface area contributed by atoms with Crippen LogP contribution in [0.5, 0.6) is 0 Å². The molecule has 0 amide bonds. The van der Waals surface area contributed by atoms with Crippen LogP contribution in [0.1, 0.15) is 23.2 Å². The first-order valence-electron chi connectivity index (χ1n) is 4.75. The molecule has 2 rings (SSSR count). The number of ketones is 1. The topological polar surface area (TPSA) is 26.3 Å². The quantitative estimate of drug-likeness (QED) is 0.763. The smallest absolute Gasteiger partial charge is 0.168 e.